The average Bonchev–Trinajstić information content (AvgIpc) is 2.76. The van der Waals surface area contributed by atoms with Crippen LogP contribution < -0.4 is 5.32 Å². The fraction of sp³-hybridized carbons (Fsp3) is 0.500. The van der Waals surface area contributed by atoms with Gasteiger partial charge in [-0.25, -0.2) is 21.6 Å². The van der Waals surface area contributed by atoms with Crippen LogP contribution in [0.15, 0.2) is 17.0 Å². The summed E-state index contributed by atoms with van der Waals surface area (Å²) >= 11 is 0. The number of nitrogens with zero attached hydrogens (tertiary/aromatic N) is 1. The Morgan fingerprint density at radius 3 is 2.45 bits per heavy atom. The maximum absolute atomic E-state index is 13.7. The highest BCUT2D eigenvalue weighted by Gasteiger charge is 2.38. The fourth-order valence-electron chi connectivity index (χ4n) is 2.46. The highest BCUT2D eigenvalue weighted by molar-refractivity contribution is 7.89. The fourth-order valence-corrected chi connectivity index (χ4v) is 4.25. The Morgan fingerprint density at radius 2 is 1.90 bits per heavy atom. The molecule has 0 spiro atoms. The first-order chi connectivity index (χ1) is 9.37. The number of halogens is 3. The molecule has 1 unspecified atom stereocenters. The molecule has 0 amide bonds. The van der Waals surface area contributed by atoms with Crippen molar-refractivity contribution in [3.05, 3.63) is 29.6 Å². The molecule has 1 saturated heterocycles. The third-order valence-corrected chi connectivity index (χ3v) is 5.30. The molecule has 112 valence electrons. The van der Waals surface area contributed by atoms with Crippen molar-refractivity contribution in [1.82, 2.24) is 9.62 Å². The second kappa shape index (κ2) is 5.71. The van der Waals surface area contributed by atoms with E-state index in [1.165, 1.54) is 0 Å². The Hall–Kier alpha value is -1.12. The Balaban J connectivity index is 2.45. The first-order valence-corrected chi connectivity index (χ1v) is 7.63. The van der Waals surface area contributed by atoms with E-state index < -0.39 is 32.4 Å². The molecule has 1 aromatic carbocycles. The minimum Gasteiger partial charge on any atom is -0.318 e. The van der Waals surface area contributed by atoms with E-state index in [1.54, 1.807) is 7.05 Å². The molecule has 1 N–H and O–H groups in total. The van der Waals surface area contributed by atoms with Gasteiger partial charge in [0.2, 0.25) is 10.0 Å². The van der Waals surface area contributed by atoms with Crippen LogP contribution in [0.3, 0.4) is 0 Å². The normalized spacial score (nSPS) is 20.5. The number of hydrogen-bond donors (Lipinski definition) is 1. The van der Waals surface area contributed by atoms with Gasteiger partial charge in [0.05, 0.1) is 0 Å². The first kappa shape index (κ1) is 15.3. The summed E-state index contributed by atoms with van der Waals surface area (Å²) in [4.78, 5) is -1.08. The molecule has 0 radical (unpaired) electrons. The molecule has 20 heavy (non-hydrogen) atoms. The van der Waals surface area contributed by atoms with Crippen molar-refractivity contribution in [3.8, 4) is 0 Å². The lowest BCUT2D eigenvalue weighted by Gasteiger charge is -2.24. The van der Waals surface area contributed by atoms with Crippen LogP contribution in [0.1, 0.15) is 12.8 Å². The van der Waals surface area contributed by atoms with E-state index in [-0.39, 0.29) is 12.6 Å². The van der Waals surface area contributed by atoms with Gasteiger partial charge in [-0.15, -0.1) is 0 Å². The van der Waals surface area contributed by atoms with Gasteiger partial charge in [0.15, 0.2) is 4.90 Å². The van der Waals surface area contributed by atoms with Gasteiger partial charge < -0.3 is 5.32 Å². The first-order valence-electron chi connectivity index (χ1n) is 6.19. The van der Waals surface area contributed by atoms with Crippen molar-refractivity contribution in [2.45, 2.75) is 23.8 Å². The van der Waals surface area contributed by atoms with Crippen molar-refractivity contribution < 1.29 is 21.6 Å². The molecule has 0 aliphatic carbocycles. The summed E-state index contributed by atoms with van der Waals surface area (Å²) in [6, 6.07) is 0.395. The topological polar surface area (TPSA) is 49.4 Å². The molecule has 1 aromatic rings. The zero-order valence-electron chi connectivity index (χ0n) is 10.9. The zero-order chi connectivity index (χ0) is 14.9. The molecule has 1 heterocycles. The summed E-state index contributed by atoms with van der Waals surface area (Å²) in [5.74, 6) is -3.96. The maximum Gasteiger partial charge on any atom is 0.249 e. The van der Waals surface area contributed by atoms with Crippen molar-refractivity contribution in [1.29, 1.82) is 0 Å². The van der Waals surface area contributed by atoms with Gasteiger partial charge in [-0.1, -0.05) is 0 Å². The van der Waals surface area contributed by atoms with Gasteiger partial charge in [0, 0.05) is 31.3 Å². The van der Waals surface area contributed by atoms with Gasteiger partial charge in [0.25, 0.3) is 0 Å². The number of sulfonamides is 1. The summed E-state index contributed by atoms with van der Waals surface area (Å²) in [5, 5.41) is 2.85. The van der Waals surface area contributed by atoms with Gasteiger partial charge >= 0.3 is 0 Å². The van der Waals surface area contributed by atoms with Crippen LogP contribution in [-0.4, -0.2) is 38.9 Å². The molecule has 1 fully saturated rings. The molecule has 0 saturated carbocycles. The minimum atomic E-state index is -4.31. The van der Waals surface area contributed by atoms with Crippen molar-refractivity contribution in [3.63, 3.8) is 0 Å². The zero-order valence-corrected chi connectivity index (χ0v) is 11.7. The van der Waals surface area contributed by atoms with Gasteiger partial charge in [-0.3, -0.25) is 0 Å². The quantitative estimate of drug-likeness (QED) is 0.916. The van der Waals surface area contributed by atoms with E-state index in [0.29, 0.717) is 31.5 Å². The highest BCUT2D eigenvalue weighted by Crippen LogP contribution is 2.29. The molecule has 1 aliphatic rings. The lowest BCUT2D eigenvalue weighted by molar-refractivity contribution is 0.372. The molecule has 8 heteroatoms. The van der Waals surface area contributed by atoms with E-state index >= 15 is 0 Å². The van der Waals surface area contributed by atoms with Crippen LogP contribution in [0.25, 0.3) is 0 Å². The molecule has 1 atom stereocenters. The Morgan fingerprint density at radius 1 is 1.30 bits per heavy atom. The van der Waals surface area contributed by atoms with Crippen LogP contribution in [0.2, 0.25) is 0 Å². The Bertz CT molecular complexity index is 584. The summed E-state index contributed by atoms with van der Waals surface area (Å²) in [6.07, 6.45) is 1.24. The third kappa shape index (κ3) is 2.68. The van der Waals surface area contributed by atoms with Crippen molar-refractivity contribution in [2.75, 3.05) is 20.1 Å². The number of nitrogens with one attached hydrogen (secondary N) is 1. The van der Waals surface area contributed by atoms with E-state index in [9.17, 15) is 21.6 Å². The standard InChI is InChI=1S/C12H15F3N2O2S/c1-16-7-9-3-2-4-17(9)20(18,19)12-10(14)5-8(13)6-11(12)15/h5-6,9,16H,2-4,7H2,1H3. The van der Waals surface area contributed by atoms with Crippen LogP contribution in [-0.2, 0) is 10.0 Å². The number of hydrogen-bond acceptors (Lipinski definition) is 3. The van der Waals surface area contributed by atoms with Crippen molar-refractivity contribution >= 4 is 10.0 Å². The van der Waals surface area contributed by atoms with Gasteiger partial charge in [0.1, 0.15) is 17.5 Å². The second-order valence-electron chi connectivity index (χ2n) is 4.67. The highest BCUT2D eigenvalue weighted by atomic mass is 32.2. The summed E-state index contributed by atoms with van der Waals surface area (Å²) in [6.45, 7) is 0.592. The van der Waals surface area contributed by atoms with Crippen LogP contribution >= 0.6 is 0 Å². The van der Waals surface area contributed by atoms with Crippen LogP contribution in [0.5, 0.6) is 0 Å². The molecule has 0 bridgehead atoms. The monoisotopic (exact) mass is 308 g/mol. The lowest BCUT2D eigenvalue weighted by atomic mass is 10.2. The maximum atomic E-state index is 13.7. The van der Waals surface area contributed by atoms with Crippen LogP contribution in [0.4, 0.5) is 13.2 Å². The third-order valence-electron chi connectivity index (χ3n) is 3.29. The van der Waals surface area contributed by atoms with E-state index in [4.69, 9.17) is 0 Å². The van der Waals surface area contributed by atoms with Crippen molar-refractivity contribution in [2.24, 2.45) is 0 Å². The molecule has 1 aliphatic heterocycles. The number of likely N-dealkylation sites (N-methyl/N-ethyl adjacent to an activating group) is 1. The molecular formula is C12H15F3N2O2S. The van der Waals surface area contributed by atoms with Crippen LogP contribution in [0, 0.1) is 17.5 Å². The predicted octanol–water partition coefficient (Wildman–Crippen LogP) is 1.48. The smallest absolute Gasteiger partial charge is 0.249 e. The molecular weight excluding hydrogens is 293 g/mol. The number of benzene rings is 1. The van der Waals surface area contributed by atoms with E-state index in [0.717, 1.165) is 4.31 Å². The van der Waals surface area contributed by atoms with E-state index in [1.807, 2.05) is 0 Å². The van der Waals surface area contributed by atoms with E-state index in [2.05, 4.69) is 5.32 Å². The summed E-state index contributed by atoms with van der Waals surface area (Å²) < 4.78 is 66.0. The summed E-state index contributed by atoms with van der Waals surface area (Å²) in [5.41, 5.74) is 0. The Kier molecular flexibility index (Phi) is 4.36. The predicted molar refractivity (Wildman–Crippen MR) is 67.2 cm³/mol. The molecule has 4 nitrogen and oxygen atoms in total. The SMILES string of the molecule is CNCC1CCCN1S(=O)(=O)c1c(F)cc(F)cc1F. The average molecular weight is 308 g/mol. The molecule has 0 aromatic heterocycles. The second-order valence-corrected chi connectivity index (χ2v) is 6.50. The van der Waals surface area contributed by atoms with Gasteiger partial charge in [-0.2, -0.15) is 4.31 Å². The lowest BCUT2D eigenvalue weighted by Crippen LogP contribution is -2.41. The minimum absolute atomic E-state index is 0.199. The Labute approximate surface area is 115 Å². The molecule has 2 rings (SSSR count). The van der Waals surface area contributed by atoms with Gasteiger partial charge in [-0.05, 0) is 19.9 Å². The largest absolute Gasteiger partial charge is 0.318 e. The number of rotatable bonds is 4. The summed E-state index contributed by atoms with van der Waals surface area (Å²) in [7, 11) is -2.64.